The van der Waals surface area contributed by atoms with E-state index in [1.54, 1.807) is 18.2 Å². The fourth-order valence-electron chi connectivity index (χ4n) is 2.03. The van der Waals surface area contributed by atoms with Gasteiger partial charge < -0.3 is 10.1 Å². The highest BCUT2D eigenvalue weighted by atomic mass is 16.5. The van der Waals surface area contributed by atoms with Gasteiger partial charge in [-0.3, -0.25) is 15.0 Å². The number of hydrogen-bond donors (Lipinski definition) is 3. The molecule has 2 amide bonds. The Labute approximate surface area is 134 Å². The molecule has 0 saturated carbocycles. The van der Waals surface area contributed by atoms with Gasteiger partial charge in [0.25, 0.3) is 11.8 Å². The molecule has 0 saturated heterocycles. The largest absolute Gasteiger partial charge is 0.484 e. The molecule has 0 fully saturated rings. The Morgan fingerprint density at radius 3 is 2.61 bits per heavy atom. The fourth-order valence-corrected chi connectivity index (χ4v) is 2.03. The van der Waals surface area contributed by atoms with Crippen molar-refractivity contribution in [1.82, 2.24) is 5.43 Å². The van der Waals surface area contributed by atoms with Gasteiger partial charge in [0, 0.05) is 11.3 Å². The summed E-state index contributed by atoms with van der Waals surface area (Å²) in [5.41, 5.74) is 5.28. The van der Waals surface area contributed by atoms with Crippen molar-refractivity contribution in [3.63, 3.8) is 0 Å². The molecule has 4 N–H and O–H groups in total. The number of nitrogen functional groups attached to an aromatic ring is 1. The van der Waals surface area contributed by atoms with Crippen LogP contribution >= 0.6 is 0 Å². The monoisotopic (exact) mass is 313 g/mol. The molecule has 0 atom stereocenters. The molecule has 6 nitrogen and oxygen atoms in total. The molecule has 0 bridgehead atoms. The highest BCUT2D eigenvalue weighted by molar-refractivity contribution is 5.94. The lowest BCUT2D eigenvalue weighted by Crippen LogP contribution is -2.30. The molecule has 0 heterocycles. The van der Waals surface area contributed by atoms with Gasteiger partial charge in [-0.1, -0.05) is 18.2 Å². The molecule has 0 radical (unpaired) electrons. The number of hydrazine groups is 1. The molecule has 6 heteroatoms. The van der Waals surface area contributed by atoms with E-state index in [4.69, 9.17) is 10.6 Å². The molecule has 2 rings (SSSR count). The topological polar surface area (TPSA) is 93.4 Å². The van der Waals surface area contributed by atoms with Gasteiger partial charge in [-0.2, -0.15) is 0 Å². The third-order valence-electron chi connectivity index (χ3n) is 3.48. The van der Waals surface area contributed by atoms with Crippen LogP contribution in [0.4, 0.5) is 5.69 Å². The summed E-state index contributed by atoms with van der Waals surface area (Å²) < 4.78 is 5.41. The van der Waals surface area contributed by atoms with Crippen molar-refractivity contribution in [3.05, 3.63) is 59.2 Å². The highest BCUT2D eigenvalue weighted by Crippen LogP contribution is 2.18. The van der Waals surface area contributed by atoms with E-state index in [1.165, 1.54) is 6.07 Å². The van der Waals surface area contributed by atoms with Gasteiger partial charge in [0.05, 0.1) is 0 Å². The molecule has 23 heavy (non-hydrogen) atoms. The van der Waals surface area contributed by atoms with Crippen LogP contribution in [0.2, 0.25) is 0 Å². The van der Waals surface area contributed by atoms with Gasteiger partial charge in [-0.15, -0.1) is 0 Å². The number of hydrogen-bond acceptors (Lipinski definition) is 4. The Kier molecular flexibility index (Phi) is 5.32. The molecule has 0 aliphatic rings. The van der Waals surface area contributed by atoms with Crippen LogP contribution in [0.15, 0.2) is 42.5 Å². The van der Waals surface area contributed by atoms with E-state index in [1.807, 2.05) is 37.5 Å². The van der Waals surface area contributed by atoms with E-state index in [0.717, 1.165) is 16.8 Å². The zero-order valence-electron chi connectivity index (χ0n) is 13.1. The molecule has 2 aromatic carbocycles. The number of rotatable bonds is 5. The molecule has 0 spiro atoms. The number of benzene rings is 2. The van der Waals surface area contributed by atoms with Crippen LogP contribution in [-0.4, -0.2) is 18.4 Å². The summed E-state index contributed by atoms with van der Waals surface area (Å²) in [4.78, 5) is 23.4. The first-order valence-electron chi connectivity index (χ1n) is 7.11. The number of anilines is 1. The summed E-state index contributed by atoms with van der Waals surface area (Å²) in [6, 6.07) is 12.1. The Hall–Kier alpha value is -2.86. The van der Waals surface area contributed by atoms with E-state index in [9.17, 15) is 9.59 Å². The Balaban J connectivity index is 1.97. The number of carbonyl (C=O) groups excluding carboxylic acids is 2. The van der Waals surface area contributed by atoms with Crippen molar-refractivity contribution < 1.29 is 14.3 Å². The average molecular weight is 313 g/mol. The van der Waals surface area contributed by atoms with Crippen LogP contribution in [-0.2, 0) is 4.79 Å². The summed E-state index contributed by atoms with van der Waals surface area (Å²) in [5.74, 6) is 4.81. The minimum atomic E-state index is -0.421. The van der Waals surface area contributed by atoms with Crippen molar-refractivity contribution >= 4 is 17.5 Å². The molecule has 0 aromatic heterocycles. The summed E-state index contributed by atoms with van der Waals surface area (Å²) in [7, 11) is 0. The summed E-state index contributed by atoms with van der Waals surface area (Å²) in [5, 5.41) is 2.81. The van der Waals surface area contributed by atoms with E-state index >= 15 is 0 Å². The predicted octanol–water partition coefficient (Wildman–Crippen LogP) is 1.92. The second kappa shape index (κ2) is 7.42. The molecular formula is C17H19N3O3. The average Bonchev–Trinajstić information content (AvgIpc) is 2.56. The molecule has 0 aliphatic heterocycles. The first-order valence-corrected chi connectivity index (χ1v) is 7.11. The quantitative estimate of drug-likeness (QED) is 0.446. The van der Waals surface area contributed by atoms with Crippen LogP contribution in [0.1, 0.15) is 21.5 Å². The second-order valence-electron chi connectivity index (χ2n) is 5.09. The lowest BCUT2D eigenvalue weighted by Gasteiger charge is -2.11. The van der Waals surface area contributed by atoms with E-state index in [2.05, 4.69) is 5.32 Å². The fraction of sp³-hybridized carbons (Fsp3) is 0.176. The van der Waals surface area contributed by atoms with Crippen LogP contribution in [0.25, 0.3) is 0 Å². The molecule has 0 aliphatic carbocycles. The molecule has 2 aromatic rings. The SMILES string of the molecule is Cc1cccc(NC(=O)COc2cccc(C(=O)NN)c2)c1C. The Morgan fingerprint density at radius 1 is 1.13 bits per heavy atom. The van der Waals surface area contributed by atoms with Crippen molar-refractivity contribution in [3.8, 4) is 5.75 Å². The van der Waals surface area contributed by atoms with Gasteiger partial charge in [0.1, 0.15) is 5.75 Å². The minimum absolute atomic E-state index is 0.152. The highest BCUT2D eigenvalue weighted by Gasteiger charge is 2.08. The molecule has 0 unspecified atom stereocenters. The second-order valence-corrected chi connectivity index (χ2v) is 5.09. The maximum Gasteiger partial charge on any atom is 0.265 e. The van der Waals surface area contributed by atoms with Crippen molar-refractivity contribution in [2.45, 2.75) is 13.8 Å². The number of amides is 2. The number of nitrogens with two attached hydrogens (primary N) is 1. The maximum absolute atomic E-state index is 12.0. The first-order chi connectivity index (χ1) is 11.0. The van der Waals surface area contributed by atoms with E-state index < -0.39 is 5.91 Å². The van der Waals surface area contributed by atoms with Gasteiger partial charge in [-0.25, -0.2) is 5.84 Å². The number of carbonyl (C=O) groups is 2. The van der Waals surface area contributed by atoms with Gasteiger partial charge in [0.2, 0.25) is 0 Å². The number of aryl methyl sites for hydroxylation is 1. The summed E-state index contributed by atoms with van der Waals surface area (Å²) in [6.07, 6.45) is 0. The van der Waals surface area contributed by atoms with Gasteiger partial charge in [-0.05, 0) is 49.2 Å². The van der Waals surface area contributed by atoms with E-state index in [0.29, 0.717) is 11.3 Å². The third-order valence-corrected chi connectivity index (χ3v) is 3.48. The third kappa shape index (κ3) is 4.31. The van der Waals surface area contributed by atoms with E-state index in [-0.39, 0.29) is 12.5 Å². The molecule has 120 valence electrons. The normalized spacial score (nSPS) is 10.0. The van der Waals surface area contributed by atoms with Crippen LogP contribution in [0, 0.1) is 13.8 Å². The lowest BCUT2D eigenvalue weighted by molar-refractivity contribution is -0.118. The Morgan fingerprint density at radius 2 is 1.87 bits per heavy atom. The standard InChI is InChI=1S/C17H19N3O3/c1-11-5-3-8-15(12(11)2)19-16(21)10-23-14-7-4-6-13(9-14)17(22)20-18/h3-9H,10,18H2,1-2H3,(H,19,21)(H,20,22). The minimum Gasteiger partial charge on any atom is -0.484 e. The Bertz CT molecular complexity index is 729. The van der Waals surface area contributed by atoms with Crippen molar-refractivity contribution in [1.29, 1.82) is 0 Å². The van der Waals surface area contributed by atoms with Crippen molar-refractivity contribution in [2.24, 2.45) is 5.84 Å². The smallest absolute Gasteiger partial charge is 0.265 e. The van der Waals surface area contributed by atoms with Gasteiger partial charge >= 0.3 is 0 Å². The number of ether oxygens (including phenoxy) is 1. The molecular weight excluding hydrogens is 294 g/mol. The van der Waals surface area contributed by atoms with Crippen LogP contribution in [0.5, 0.6) is 5.75 Å². The zero-order valence-corrected chi connectivity index (χ0v) is 13.1. The van der Waals surface area contributed by atoms with Crippen molar-refractivity contribution in [2.75, 3.05) is 11.9 Å². The first kappa shape index (κ1) is 16.5. The predicted molar refractivity (Wildman–Crippen MR) is 88.1 cm³/mol. The summed E-state index contributed by atoms with van der Waals surface area (Å²) >= 11 is 0. The number of nitrogens with one attached hydrogen (secondary N) is 2. The maximum atomic E-state index is 12.0. The lowest BCUT2D eigenvalue weighted by atomic mass is 10.1. The van der Waals surface area contributed by atoms with Crippen LogP contribution in [0.3, 0.4) is 0 Å². The summed E-state index contributed by atoms with van der Waals surface area (Å²) in [6.45, 7) is 3.78. The zero-order chi connectivity index (χ0) is 16.8. The van der Waals surface area contributed by atoms with Crippen LogP contribution < -0.4 is 21.3 Å². The van der Waals surface area contributed by atoms with Gasteiger partial charge in [0.15, 0.2) is 6.61 Å².